The zero-order valence-electron chi connectivity index (χ0n) is 20.2. The number of aromatic nitrogens is 3. The summed E-state index contributed by atoms with van der Waals surface area (Å²) in [7, 11) is 0. The van der Waals surface area contributed by atoms with Crippen molar-refractivity contribution in [3.8, 4) is 0 Å². The zero-order chi connectivity index (χ0) is 26.1. The number of nitrogens with two attached hydrogens (primary N) is 1. The molecule has 3 rings (SSSR count). The standard InChI is InChI=1S/C25H29N5O6/c1-3-35-21(31)12-11-19(24(34)36-4-2)28-22(32)16-8-5-15(6-9-16)7-10-17-13-18-20(14-27-17)29-25(26)30-23(18)33/h5-6,8-9,13-14,19H,3-4,7,10-12H2,1-2H3,(H,28,32)(H3,26,29,30,33). The maximum atomic E-state index is 12.7. The molecule has 0 spiro atoms. The Balaban J connectivity index is 1.61. The van der Waals surface area contributed by atoms with E-state index in [1.165, 1.54) is 6.20 Å². The van der Waals surface area contributed by atoms with Gasteiger partial charge < -0.3 is 20.5 Å². The molecule has 1 aromatic carbocycles. The first-order valence-electron chi connectivity index (χ1n) is 11.7. The Morgan fingerprint density at radius 2 is 1.81 bits per heavy atom. The van der Waals surface area contributed by atoms with Crippen LogP contribution in [0.4, 0.5) is 5.95 Å². The predicted octanol–water partition coefficient (Wildman–Crippen LogP) is 1.69. The van der Waals surface area contributed by atoms with Crippen molar-refractivity contribution in [2.45, 2.75) is 45.6 Å². The summed E-state index contributed by atoms with van der Waals surface area (Å²) in [6.07, 6.45) is 2.78. The molecular formula is C25H29N5O6. The molecule has 11 heteroatoms. The first kappa shape index (κ1) is 26.3. The summed E-state index contributed by atoms with van der Waals surface area (Å²) < 4.78 is 9.91. The molecule has 1 unspecified atom stereocenters. The van der Waals surface area contributed by atoms with Gasteiger partial charge in [0.05, 0.1) is 30.3 Å². The van der Waals surface area contributed by atoms with Crippen molar-refractivity contribution in [2.75, 3.05) is 18.9 Å². The summed E-state index contributed by atoms with van der Waals surface area (Å²) in [5, 5.41) is 3.06. The summed E-state index contributed by atoms with van der Waals surface area (Å²) in [5.74, 6) is -1.47. The van der Waals surface area contributed by atoms with Crippen molar-refractivity contribution in [3.63, 3.8) is 0 Å². The Kier molecular flexibility index (Phi) is 9.09. The Morgan fingerprint density at radius 1 is 1.08 bits per heavy atom. The van der Waals surface area contributed by atoms with E-state index in [1.807, 2.05) is 12.1 Å². The topological polar surface area (TPSA) is 166 Å². The van der Waals surface area contributed by atoms with Crippen molar-refractivity contribution in [3.05, 3.63) is 63.7 Å². The number of anilines is 1. The number of hydrogen-bond acceptors (Lipinski definition) is 9. The van der Waals surface area contributed by atoms with Crippen LogP contribution in [-0.4, -0.2) is 52.1 Å². The van der Waals surface area contributed by atoms with E-state index >= 15 is 0 Å². The van der Waals surface area contributed by atoms with Crippen molar-refractivity contribution >= 4 is 34.7 Å². The van der Waals surface area contributed by atoms with Gasteiger partial charge in [0, 0.05) is 17.7 Å². The fraction of sp³-hybridized carbons (Fsp3) is 0.360. The summed E-state index contributed by atoms with van der Waals surface area (Å²) in [5.41, 5.74) is 7.72. The molecule has 190 valence electrons. The quantitative estimate of drug-likeness (QED) is 0.335. The van der Waals surface area contributed by atoms with E-state index in [9.17, 15) is 19.2 Å². The van der Waals surface area contributed by atoms with E-state index < -0.39 is 23.9 Å². The molecule has 0 saturated carbocycles. The van der Waals surface area contributed by atoms with Crippen LogP contribution in [-0.2, 0) is 31.9 Å². The minimum absolute atomic E-state index is 0.0192. The number of nitrogens with zero attached hydrogens (tertiary/aromatic N) is 2. The summed E-state index contributed by atoms with van der Waals surface area (Å²) in [6.45, 7) is 3.76. The number of aryl methyl sites for hydroxylation is 2. The highest BCUT2D eigenvalue weighted by atomic mass is 16.5. The number of fused-ring (bicyclic) bond motifs is 1. The molecule has 1 atom stereocenters. The van der Waals surface area contributed by atoms with Gasteiger partial charge in [0.15, 0.2) is 0 Å². The molecule has 1 amide bonds. The Labute approximate surface area is 207 Å². The van der Waals surface area contributed by atoms with Crippen LogP contribution in [0.15, 0.2) is 41.3 Å². The average Bonchev–Trinajstić information content (AvgIpc) is 2.85. The summed E-state index contributed by atoms with van der Waals surface area (Å²) in [6, 6.07) is 7.65. The molecule has 0 saturated heterocycles. The Morgan fingerprint density at radius 3 is 2.50 bits per heavy atom. The predicted molar refractivity (Wildman–Crippen MR) is 132 cm³/mol. The third-order valence-corrected chi connectivity index (χ3v) is 5.37. The zero-order valence-corrected chi connectivity index (χ0v) is 20.2. The summed E-state index contributed by atoms with van der Waals surface area (Å²) in [4.78, 5) is 59.6. The second kappa shape index (κ2) is 12.4. The van der Waals surface area contributed by atoms with Gasteiger partial charge in [-0.15, -0.1) is 0 Å². The van der Waals surface area contributed by atoms with Gasteiger partial charge in [0.1, 0.15) is 6.04 Å². The number of nitrogen functional groups attached to an aromatic ring is 1. The van der Waals surface area contributed by atoms with E-state index in [1.54, 1.807) is 32.0 Å². The van der Waals surface area contributed by atoms with Gasteiger partial charge >= 0.3 is 11.9 Å². The van der Waals surface area contributed by atoms with Crippen LogP contribution >= 0.6 is 0 Å². The van der Waals surface area contributed by atoms with E-state index in [0.29, 0.717) is 29.3 Å². The fourth-order valence-corrected chi connectivity index (χ4v) is 3.56. The van der Waals surface area contributed by atoms with Crippen molar-refractivity contribution in [1.29, 1.82) is 0 Å². The van der Waals surface area contributed by atoms with E-state index in [-0.39, 0.29) is 37.6 Å². The van der Waals surface area contributed by atoms with Crippen LogP contribution in [0.25, 0.3) is 10.9 Å². The molecule has 0 aliphatic heterocycles. The lowest BCUT2D eigenvalue weighted by atomic mass is 10.0. The number of carbonyl (C=O) groups is 3. The monoisotopic (exact) mass is 495 g/mol. The van der Waals surface area contributed by atoms with Crippen LogP contribution in [0.1, 0.15) is 48.3 Å². The smallest absolute Gasteiger partial charge is 0.328 e. The van der Waals surface area contributed by atoms with Gasteiger partial charge in [-0.05, 0) is 56.9 Å². The van der Waals surface area contributed by atoms with E-state index in [0.717, 1.165) is 11.3 Å². The molecular weight excluding hydrogens is 466 g/mol. The Hall–Kier alpha value is -4.28. The molecule has 0 bridgehead atoms. The summed E-state index contributed by atoms with van der Waals surface area (Å²) >= 11 is 0. The van der Waals surface area contributed by atoms with Crippen LogP contribution in [0.5, 0.6) is 0 Å². The fourth-order valence-electron chi connectivity index (χ4n) is 3.56. The number of hydrogen-bond donors (Lipinski definition) is 3. The van der Waals surface area contributed by atoms with E-state index in [2.05, 4.69) is 20.3 Å². The number of rotatable bonds is 11. The van der Waals surface area contributed by atoms with Gasteiger partial charge in [-0.3, -0.25) is 24.4 Å². The van der Waals surface area contributed by atoms with Gasteiger partial charge in [0.2, 0.25) is 5.95 Å². The van der Waals surface area contributed by atoms with Crippen molar-refractivity contribution in [2.24, 2.45) is 0 Å². The number of pyridine rings is 1. The normalized spacial score (nSPS) is 11.6. The maximum Gasteiger partial charge on any atom is 0.328 e. The van der Waals surface area contributed by atoms with Crippen LogP contribution in [0.2, 0.25) is 0 Å². The lowest BCUT2D eigenvalue weighted by Gasteiger charge is -2.17. The third-order valence-electron chi connectivity index (χ3n) is 5.37. The molecule has 2 aromatic heterocycles. The van der Waals surface area contributed by atoms with Crippen LogP contribution < -0.4 is 16.6 Å². The van der Waals surface area contributed by atoms with Crippen LogP contribution in [0, 0.1) is 0 Å². The molecule has 36 heavy (non-hydrogen) atoms. The number of benzene rings is 1. The van der Waals surface area contributed by atoms with Crippen LogP contribution in [0.3, 0.4) is 0 Å². The molecule has 4 N–H and O–H groups in total. The largest absolute Gasteiger partial charge is 0.466 e. The third kappa shape index (κ3) is 7.11. The minimum Gasteiger partial charge on any atom is -0.466 e. The van der Waals surface area contributed by atoms with Gasteiger partial charge in [-0.25, -0.2) is 9.78 Å². The number of H-pyrrole nitrogens is 1. The number of carbonyl (C=O) groups excluding carboxylic acids is 3. The maximum absolute atomic E-state index is 12.7. The molecule has 0 radical (unpaired) electrons. The first-order chi connectivity index (χ1) is 17.3. The highest BCUT2D eigenvalue weighted by Gasteiger charge is 2.24. The number of esters is 2. The van der Waals surface area contributed by atoms with E-state index in [4.69, 9.17) is 15.2 Å². The SMILES string of the molecule is CCOC(=O)CCC(NC(=O)c1ccc(CCc2cc3c(=O)[nH]c(N)nc3cn2)cc1)C(=O)OCC. The van der Waals surface area contributed by atoms with Gasteiger partial charge in [-0.2, -0.15) is 0 Å². The first-order valence-corrected chi connectivity index (χ1v) is 11.7. The minimum atomic E-state index is -0.964. The number of ether oxygens (including phenoxy) is 2. The van der Waals surface area contributed by atoms with Crippen molar-refractivity contribution in [1.82, 2.24) is 20.3 Å². The average molecular weight is 496 g/mol. The molecule has 0 aliphatic rings. The number of amides is 1. The second-order valence-corrected chi connectivity index (χ2v) is 7.96. The van der Waals surface area contributed by atoms with Crippen molar-refractivity contribution < 1.29 is 23.9 Å². The lowest BCUT2D eigenvalue weighted by molar-refractivity contribution is -0.146. The molecule has 2 heterocycles. The number of aromatic amines is 1. The number of nitrogens with one attached hydrogen (secondary N) is 2. The molecule has 3 aromatic rings. The molecule has 11 nitrogen and oxygen atoms in total. The van der Waals surface area contributed by atoms with Gasteiger partial charge in [-0.1, -0.05) is 12.1 Å². The van der Waals surface area contributed by atoms with Gasteiger partial charge in [0.25, 0.3) is 11.5 Å². The lowest BCUT2D eigenvalue weighted by Crippen LogP contribution is -2.42. The highest BCUT2D eigenvalue weighted by Crippen LogP contribution is 2.13. The highest BCUT2D eigenvalue weighted by molar-refractivity contribution is 5.96. The molecule has 0 aliphatic carbocycles. The Bertz CT molecular complexity index is 1290. The molecule has 0 fully saturated rings. The second-order valence-electron chi connectivity index (χ2n) is 7.96.